The average Bonchev–Trinajstić information content (AvgIpc) is 3.41. The van der Waals surface area contributed by atoms with E-state index >= 15 is 0 Å². The van der Waals surface area contributed by atoms with Crippen molar-refractivity contribution in [2.75, 3.05) is 38.6 Å². The molecule has 1 unspecified atom stereocenters. The summed E-state index contributed by atoms with van der Waals surface area (Å²) in [5.74, 6) is -1.60. The highest BCUT2D eigenvalue weighted by Gasteiger charge is 2.35. The van der Waals surface area contributed by atoms with Crippen molar-refractivity contribution in [2.24, 2.45) is 0 Å². The number of anilines is 1. The predicted octanol–water partition coefficient (Wildman–Crippen LogP) is 3.22. The van der Waals surface area contributed by atoms with E-state index in [9.17, 15) is 24.4 Å². The van der Waals surface area contributed by atoms with Crippen LogP contribution in [0.15, 0.2) is 54.7 Å². The predicted molar refractivity (Wildman–Crippen MR) is 148 cm³/mol. The number of fused-ring (bicyclic) bond motifs is 1. The van der Waals surface area contributed by atoms with E-state index in [0.29, 0.717) is 42.6 Å². The molecular formula is C29H32N6O5. The lowest BCUT2D eigenvalue weighted by atomic mass is 10.0. The van der Waals surface area contributed by atoms with Crippen molar-refractivity contribution >= 4 is 40.3 Å². The van der Waals surface area contributed by atoms with E-state index in [1.165, 1.54) is 13.3 Å². The summed E-state index contributed by atoms with van der Waals surface area (Å²) in [6, 6.07) is 15.8. The van der Waals surface area contributed by atoms with Gasteiger partial charge < -0.3 is 25.3 Å². The fourth-order valence-corrected chi connectivity index (χ4v) is 4.92. The van der Waals surface area contributed by atoms with Crippen molar-refractivity contribution in [1.82, 2.24) is 20.1 Å². The van der Waals surface area contributed by atoms with Crippen LogP contribution in [0.25, 0.3) is 10.9 Å². The Morgan fingerprint density at radius 2 is 1.90 bits per heavy atom. The van der Waals surface area contributed by atoms with Gasteiger partial charge in [-0.3, -0.25) is 19.3 Å². The summed E-state index contributed by atoms with van der Waals surface area (Å²) < 4.78 is 4.58. The van der Waals surface area contributed by atoms with Crippen LogP contribution in [0.5, 0.6) is 0 Å². The number of aromatic amines is 1. The molecule has 1 fully saturated rings. The Balaban J connectivity index is 1.40. The fraction of sp³-hybridized carbons (Fsp3) is 0.345. The second kappa shape index (κ2) is 12.9. The second-order valence-electron chi connectivity index (χ2n) is 9.61. The summed E-state index contributed by atoms with van der Waals surface area (Å²) >= 11 is 0. The molecule has 0 spiro atoms. The minimum Gasteiger partial charge on any atom is -0.469 e. The number of esters is 1. The van der Waals surface area contributed by atoms with E-state index < -0.39 is 23.8 Å². The van der Waals surface area contributed by atoms with E-state index in [-0.39, 0.29) is 30.5 Å². The number of rotatable bonds is 9. The molecule has 3 aromatic rings. The van der Waals surface area contributed by atoms with Gasteiger partial charge in [-0.1, -0.05) is 42.5 Å². The van der Waals surface area contributed by atoms with Crippen molar-refractivity contribution in [3.05, 3.63) is 65.9 Å². The molecule has 3 amide bonds. The van der Waals surface area contributed by atoms with Crippen LogP contribution >= 0.6 is 0 Å². The van der Waals surface area contributed by atoms with E-state index in [0.717, 1.165) is 5.56 Å². The highest BCUT2D eigenvalue weighted by molar-refractivity contribution is 6.45. The number of nitrogens with one attached hydrogen (secondary N) is 3. The Morgan fingerprint density at radius 3 is 2.60 bits per heavy atom. The quantitative estimate of drug-likeness (QED) is 0.162. The highest BCUT2D eigenvalue weighted by Crippen LogP contribution is 2.28. The number of hydrogen-bond acceptors (Lipinski definition) is 7. The van der Waals surface area contributed by atoms with E-state index in [4.69, 9.17) is 0 Å². The summed E-state index contributed by atoms with van der Waals surface area (Å²) in [5, 5.41) is 15.7. The van der Waals surface area contributed by atoms with Gasteiger partial charge in [0.2, 0.25) is 0 Å². The van der Waals surface area contributed by atoms with Gasteiger partial charge >= 0.3 is 12.0 Å². The van der Waals surface area contributed by atoms with Gasteiger partial charge in [-0.05, 0) is 25.0 Å². The number of benzene rings is 2. The number of para-hydroxylation sites is 1. The number of aromatic nitrogens is 1. The molecule has 11 nitrogen and oxygen atoms in total. The van der Waals surface area contributed by atoms with E-state index in [2.05, 4.69) is 26.4 Å². The number of hydrogen-bond donors (Lipinski definition) is 3. The Hall–Kier alpha value is -4.69. The van der Waals surface area contributed by atoms with Gasteiger partial charge in [0, 0.05) is 50.2 Å². The molecule has 0 aliphatic carbocycles. The molecule has 1 aromatic heterocycles. The SMILES string of the molecule is COC(=O)CCCNC(=O)Nc1cccc2c(C(=O)C(=O)N3CCN(C(C#N)c4ccccc4)C[C@H]3C)c[nH]c12. The number of methoxy groups -OCH3 is 1. The lowest BCUT2D eigenvalue weighted by Crippen LogP contribution is -2.56. The summed E-state index contributed by atoms with van der Waals surface area (Å²) in [6.45, 7) is 3.40. The largest absolute Gasteiger partial charge is 0.469 e. The number of nitriles is 1. The molecule has 2 aromatic carbocycles. The lowest BCUT2D eigenvalue weighted by Gasteiger charge is -2.41. The number of urea groups is 1. The Morgan fingerprint density at radius 1 is 1.12 bits per heavy atom. The summed E-state index contributed by atoms with van der Waals surface area (Å²) in [7, 11) is 1.31. The smallest absolute Gasteiger partial charge is 0.319 e. The van der Waals surface area contributed by atoms with Gasteiger partial charge in [-0.25, -0.2) is 4.79 Å². The molecule has 2 atom stereocenters. The summed E-state index contributed by atoms with van der Waals surface area (Å²) in [6.07, 6.45) is 2.11. The number of Topliss-reactive ketones (excluding diaryl/α,β-unsaturated/α-hetero) is 1. The first-order chi connectivity index (χ1) is 19.3. The number of H-pyrrole nitrogens is 1. The van der Waals surface area contributed by atoms with Crippen LogP contribution in [0.1, 0.15) is 41.7 Å². The maximum atomic E-state index is 13.3. The van der Waals surface area contributed by atoms with E-state index in [1.54, 1.807) is 23.1 Å². The second-order valence-corrected chi connectivity index (χ2v) is 9.61. The number of amides is 3. The highest BCUT2D eigenvalue weighted by atomic mass is 16.5. The molecule has 1 saturated heterocycles. The third-order valence-corrected chi connectivity index (χ3v) is 7.00. The summed E-state index contributed by atoms with van der Waals surface area (Å²) in [5.41, 5.74) is 2.07. The van der Waals surface area contributed by atoms with Crippen LogP contribution < -0.4 is 10.6 Å². The number of piperazine rings is 1. The molecular weight excluding hydrogens is 512 g/mol. The third-order valence-electron chi connectivity index (χ3n) is 7.00. The molecule has 0 radical (unpaired) electrons. The Labute approximate surface area is 232 Å². The van der Waals surface area contributed by atoms with Gasteiger partial charge in [0.1, 0.15) is 6.04 Å². The van der Waals surface area contributed by atoms with Crippen molar-refractivity contribution in [3.8, 4) is 6.07 Å². The molecule has 1 aliphatic rings. The molecule has 1 aliphatic heterocycles. The molecule has 2 heterocycles. The maximum Gasteiger partial charge on any atom is 0.319 e. The minimum atomic E-state index is -0.643. The Kier molecular flexibility index (Phi) is 9.14. The van der Waals surface area contributed by atoms with E-state index in [1.807, 2.05) is 42.2 Å². The molecule has 0 saturated carbocycles. The number of ketones is 1. The van der Waals surface area contributed by atoms with Crippen LogP contribution in [-0.2, 0) is 14.3 Å². The number of carbonyl (C=O) groups is 4. The zero-order valence-corrected chi connectivity index (χ0v) is 22.5. The first-order valence-electron chi connectivity index (χ1n) is 13.1. The number of carbonyl (C=O) groups excluding carboxylic acids is 4. The average molecular weight is 545 g/mol. The monoisotopic (exact) mass is 544 g/mol. The van der Waals surface area contributed by atoms with Crippen LogP contribution in [0, 0.1) is 11.3 Å². The van der Waals surface area contributed by atoms with Crippen molar-refractivity contribution in [1.29, 1.82) is 5.26 Å². The zero-order valence-electron chi connectivity index (χ0n) is 22.5. The number of nitrogens with zero attached hydrogens (tertiary/aromatic N) is 3. The van der Waals surface area contributed by atoms with Crippen molar-refractivity contribution in [2.45, 2.75) is 31.8 Å². The van der Waals surface area contributed by atoms with Gasteiger partial charge in [0.15, 0.2) is 0 Å². The first kappa shape index (κ1) is 28.3. The Bertz CT molecular complexity index is 1430. The maximum absolute atomic E-state index is 13.3. The van der Waals surface area contributed by atoms with Gasteiger partial charge in [0.25, 0.3) is 11.7 Å². The molecule has 11 heteroatoms. The van der Waals surface area contributed by atoms with Gasteiger partial charge in [-0.2, -0.15) is 5.26 Å². The molecule has 4 rings (SSSR count). The van der Waals surface area contributed by atoms with Crippen molar-refractivity contribution < 1.29 is 23.9 Å². The van der Waals surface area contributed by atoms with Crippen LogP contribution in [0.3, 0.4) is 0 Å². The topological polar surface area (TPSA) is 148 Å². The van der Waals surface area contributed by atoms with Crippen molar-refractivity contribution in [3.63, 3.8) is 0 Å². The third kappa shape index (κ3) is 6.30. The fourth-order valence-electron chi connectivity index (χ4n) is 4.92. The van der Waals surface area contributed by atoms with Crippen LogP contribution in [-0.4, -0.2) is 77.8 Å². The minimum absolute atomic E-state index is 0.197. The molecule has 208 valence electrons. The first-order valence-corrected chi connectivity index (χ1v) is 13.1. The van der Waals surface area contributed by atoms with Gasteiger partial charge in [-0.15, -0.1) is 0 Å². The molecule has 40 heavy (non-hydrogen) atoms. The molecule has 3 N–H and O–H groups in total. The number of ether oxygens (including phenoxy) is 1. The van der Waals surface area contributed by atoms with Crippen LogP contribution in [0.2, 0.25) is 0 Å². The van der Waals surface area contributed by atoms with Crippen LogP contribution in [0.4, 0.5) is 10.5 Å². The normalized spacial score (nSPS) is 16.1. The standard InChI is InChI=1S/C29H32N6O5/c1-19-18-34(24(16-30)20-8-4-3-5-9-20)14-15-35(19)28(38)27(37)22-17-32-26-21(22)10-6-11-23(26)33-29(39)31-13-7-12-25(36)40-2/h3-6,8-11,17,19,24,32H,7,12-15,18H2,1-2H3,(H2,31,33,39)/t19-,24?/m1/s1. The molecule has 0 bridgehead atoms. The lowest BCUT2D eigenvalue weighted by molar-refractivity contribution is -0.140. The van der Waals surface area contributed by atoms with Gasteiger partial charge in [0.05, 0.1) is 29.9 Å². The zero-order chi connectivity index (χ0) is 28.6. The summed E-state index contributed by atoms with van der Waals surface area (Å²) in [4.78, 5) is 56.8.